The van der Waals surface area contributed by atoms with Gasteiger partial charge in [0.1, 0.15) is 12.4 Å². The Balaban J connectivity index is 2.85. The number of hydrogen-bond donors (Lipinski definition) is 1. The molecule has 0 aliphatic carbocycles. The lowest BCUT2D eigenvalue weighted by Crippen LogP contribution is -2.26. The summed E-state index contributed by atoms with van der Waals surface area (Å²) >= 11 is 0. The van der Waals surface area contributed by atoms with Crippen molar-refractivity contribution < 1.29 is 9.90 Å². The largest absolute Gasteiger partial charge is 0.480 e. The number of carboxylic acid groups (broad SMARTS) is 1. The van der Waals surface area contributed by atoms with Crippen LogP contribution in [0.25, 0.3) is 0 Å². The van der Waals surface area contributed by atoms with E-state index >= 15 is 0 Å². The number of aromatic nitrogens is 3. The molecule has 78 valence electrons. The van der Waals surface area contributed by atoms with Crippen molar-refractivity contribution in [3.05, 3.63) is 6.20 Å². The van der Waals surface area contributed by atoms with Gasteiger partial charge in [0, 0.05) is 13.1 Å². The summed E-state index contributed by atoms with van der Waals surface area (Å²) < 4.78 is 1.38. The lowest BCUT2D eigenvalue weighted by Gasteiger charge is -2.19. The SMILES string of the molecule is CCN(CC)c1cnnn1CC(=O)O. The number of hydrogen-bond acceptors (Lipinski definition) is 4. The number of carboxylic acids is 1. The van der Waals surface area contributed by atoms with E-state index in [4.69, 9.17) is 5.11 Å². The lowest BCUT2D eigenvalue weighted by atomic mass is 10.5. The molecule has 0 fully saturated rings. The minimum atomic E-state index is -0.913. The Morgan fingerprint density at radius 2 is 2.21 bits per heavy atom. The molecule has 1 aromatic rings. The Morgan fingerprint density at radius 1 is 1.57 bits per heavy atom. The van der Waals surface area contributed by atoms with Crippen molar-refractivity contribution in [2.45, 2.75) is 20.4 Å². The highest BCUT2D eigenvalue weighted by Crippen LogP contribution is 2.10. The molecule has 0 bridgehead atoms. The van der Waals surface area contributed by atoms with Crippen LogP contribution in [0.15, 0.2) is 6.20 Å². The molecular formula is C8H14N4O2. The van der Waals surface area contributed by atoms with Crippen molar-refractivity contribution in [1.29, 1.82) is 0 Å². The van der Waals surface area contributed by atoms with Crippen LogP contribution in [0.4, 0.5) is 5.82 Å². The zero-order valence-electron chi connectivity index (χ0n) is 8.34. The summed E-state index contributed by atoms with van der Waals surface area (Å²) in [5.74, 6) is -0.165. The van der Waals surface area contributed by atoms with Crippen LogP contribution in [0.1, 0.15) is 13.8 Å². The third kappa shape index (κ3) is 2.21. The highest BCUT2D eigenvalue weighted by atomic mass is 16.4. The fourth-order valence-corrected chi connectivity index (χ4v) is 1.29. The van der Waals surface area contributed by atoms with Crippen molar-refractivity contribution in [2.75, 3.05) is 18.0 Å². The van der Waals surface area contributed by atoms with E-state index in [1.165, 1.54) is 4.68 Å². The molecule has 6 heteroatoms. The van der Waals surface area contributed by atoms with E-state index < -0.39 is 5.97 Å². The van der Waals surface area contributed by atoms with Gasteiger partial charge in [-0.2, -0.15) is 0 Å². The number of rotatable bonds is 5. The summed E-state index contributed by atoms with van der Waals surface area (Å²) in [6, 6.07) is 0. The topological polar surface area (TPSA) is 71.2 Å². The average Bonchev–Trinajstić information content (AvgIpc) is 2.55. The lowest BCUT2D eigenvalue weighted by molar-refractivity contribution is -0.137. The highest BCUT2D eigenvalue weighted by molar-refractivity contribution is 5.67. The molecule has 0 saturated heterocycles. The first-order chi connectivity index (χ1) is 6.69. The molecule has 0 atom stereocenters. The first-order valence-corrected chi connectivity index (χ1v) is 4.54. The van der Waals surface area contributed by atoms with E-state index in [2.05, 4.69) is 10.3 Å². The van der Waals surface area contributed by atoms with Gasteiger partial charge < -0.3 is 10.0 Å². The van der Waals surface area contributed by atoms with Crippen LogP contribution in [0, 0.1) is 0 Å². The van der Waals surface area contributed by atoms with Gasteiger partial charge in [-0.1, -0.05) is 5.21 Å². The standard InChI is InChI=1S/C8H14N4O2/c1-3-11(4-2)7-5-9-10-12(7)6-8(13)14/h5H,3-4,6H2,1-2H3,(H,13,14). The maximum absolute atomic E-state index is 10.5. The molecular weight excluding hydrogens is 184 g/mol. The average molecular weight is 198 g/mol. The van der Waals surface area contributed by atoms with Gasteiger partial charge in [0.25, 0.3) is 0 Å². The molecule has 1 aromatic heterocycles. The van der Waals surface area contributed by atoms with Crippen LogP contribution in [-0.4, -0.2) is 39.2 Å². The van der Waals surface area contributed by atoms with Crippen LogP contribution in [0.5, 0.6) is 0 Å². The van der Waals surface area contributed by atoms with Crippen LogP contribution in [-0.2, 0) is 11.3 Å². The summed E-state index contributed by atoms with van der Waals surface area (Å²) in [6.45, 7) is 5.47. The predicted molar refractivity (Wildman–Crippen MR) is 51.2 cm³/mol. The van der Waals surface area contributed by atoms with Gasteiger partial charge in [-0.05, 0) is 13.8 Å². The van der Waals surface area contributed by atoms with Crippen molar-refractivity contribution in [1.82, 2.24) is 15.0 Å². The summed E-state index contributed by atoms with van der Waals surface area (Å²) in [7, 11) is 0. The third-order valence-corrected chi connectivity index (χ3v) is 1.97. The maximum Gasteiger partial charge on any atom is 0.325 e. The van der Waals surface area contributed by atoms with E-state index in [0.29, 0.717) is 0 Å². The fourth-order valence-electron chi connectivity index (χ4n) is 1.29. The van der Waals surface area contributed by atoms with Crippen molar-refractivity contribution in [2.24, 2.45) is 0 Å². The predicted octanol–water partition coefficient (Wildman–Crippen LogP) is 0.209. The fraction of sp³-hybridized carbons (Fsp3) is 0.625. The zero-order valence-corrected chi connectivity index (χ0v) is 8.34. The van der Waals surface area contributed by atoms with E-state index in [-0.39, 0.29) is 6.54 Å². The van der Waals surface area contributed by atoms with Crippen LogP contribution < -0.4 is 4.90 Å². The molecule has 0 aromatic carbocycles. The number of nitrogens with zero attached hydrogens (tertiary/aromatic N) is 4. The molecule has 0 aliphatic heterocycles. The Morgan fingerprint density at radius 3 is 2.71 bits per heavy atom. The highest BCUT2D eigenvalue weighted by Gasteiger charge is 2.11. The summed E-state index contributed by atoms with van der Waals surface area (Å²) in [5.41, 5.74) is 0. The molecule has 14 heavy (non-hydrogen) atoms. The molecule has 1 N–H and O–H groups in total. The molecule has 1 rings (SSSR count). The van der Waals surface area contributed by atoms with Gasteiger partial charge in [0.05, 0.1) is 6.20 Å². The molecule has 0 unspecified atom stereocenters. The Kier molecular flexibility index (Phi) is 3.44. The van der Waals surface area contributed by atoms with Crippen molar-refractivity contribution in [3.63, 3.8) is 0 Å². The van der Waals surface area contributed by atoms with Gasteiger partial charge >= 0.3 is 5.97 Å². The van der Waals surface area contributed by atoms with Gasteiger partial charge in [0.2, 0.25) is 0 Å². The monoisotopic (exact) mass is 198 g/mol. The van der Waals surface area contributed by atoms with Gasteiger partial charge in [0.15, 0.2) is 0 Å². The van der Waals surface area contributed by atoms with Gasteiger partial charge in [-0.15, -0.1) is 5.10 Å². The molecule has 0 radical (unpaired) electrons. The van der Waals surface area contributed by atoms with Gasteiger partial charge in [-0.3, -0.25) is 4.79 Å². The Hall–Kier alpha value is -1.59. The molecule has 0 aliphatic rings. The van der Waals surface area contributed by atoms with Crippen molar-refractivity contribution in [3.8, 4) is 0 Å². The molecule has 6 nitrogen and oxygen atoms in total. The summed E-state index contributed by atoms with van der Waals surface area (Å²) in [5, 5.41) is 16.0. The van der Waals surface area contributed by atoms with E-state index in [1.807, 2.05) is 18.7 Å². The van der Waals surface area contributed by atoms with Crippen LogP contribution >= 0.6 is 0 Å². The van der Waals surface area contributed by atoms with Crippen LogP contribution in [0.2, 0.25) is 0 Å². The third-order valence-electron chi connectivity index (χ3n) is 1.97. The van der Waals surface area contributed by atoms with E-state index in [0.717, 1.165) is 18.9 Å². The van der Waals surface area contributed by atoms with Crippen molar-refractivity contribution >= 4 is 11.8 Å². The number of anilines is 1. The second-order valence-corrected chi connectivity index (χ2v) is 2.82. The second-order valence-electron chi connectivity index (χ2n) is 2.82. The van der Waals surface area contributed by atoms with Gasteiger partial charge in [-0.25, -0.2) is 4.68 Å². The second kappa shape index (κ2) is 4.59. The quantitative estimate of drug-likeness (QED) is 0.732. The van der Waals surface area contributed by atoms with Crippen LogP contribution in [0.3, 0.4) is 0 Å². The Bertz CT molecular complexity index is 306. The smallest absolute Gasteiger partial charge is 0.325 e. The van der Waals surface area contributed by atoms with E-state index in [1.54, 1.807) is 6.20 Å². The van der Waals surface area contributed by atoms with E-state index in [9.17, 15) is 4.79 Å². The zero-order chi connectivity index (χ0) is 10.6. The molecule has 0 spiro atoms. The molecule has 0 saturated carbocycles. The molecule has 1 heterocycles. The first-order valence-electron chi connectivity index (χ1n) is 4.54. The molecule has 0 amide bonds. The summed E-state index contributed by atoms with van der Waals surface area (Å²) in [6.07, 6.45) is 1.58. The first kappa shape index (κ1) is 10.5. The summed E-state index contributed by atoms with van der Waals surface area (Å²) in [4.78, 5) is 12.5. The minimum absolute atomic E-state index is 0.147. The minimum Gasteiger partial charge on any atom is -0.480 e. The Labute approximate surface area is 82.1 Å². The number of carbonyl (C=O) groups is 1. The number of aliphatic carboxylic acids is 1. The normalized spacial score (nSPS) is 10.1. The maximum atomic E-state index is 10.5.